The molecule has 16 heavy (non-hydrogen) atoms. The Labute approximate surface area is 96.4 Å². The fourth-order valence-electron chi connectivity index (χ4n) is 2.61. The second-order valence-corrected chi connectivity index (χ2v) is 5.14. The highest BCUT2D eigenvalue weighted by molar-refractivity contribution is 5.38. The molecule has 2 unspecified atom stereocenters. The van der Waals surface area contributed by atoms with E-state index in [-0.39, 0.29) is 6.10 Å². The molecule has 0 aromatic carbocycles. The van der Waals surface area contributed by atoms with Gasteiger partial charge in [0.2, 0.25) is 0 Å². The summed E-state index contributed by atoms with van der Waals surface area (Å²) in [7, 11) is 0. The summed E-state index contributed by atoms with van der Waals surface area (Å²) in [6.07, 6.45) is 6.12. The summed E-state index contributed by atoms with van der Waals surface area (Å²) in [5, 5.41) is 10.6. The normalized spacial score (nSPS) is 37.3. The van der Waals surface area contributed by atoms with Gasteiger partial charge in [0.15, 0.2) is 5.60 Å². The summed E-state index contributed by atoms with van der Waals surface area (Å²) >= 11 is 0. The standard InChI is InChI=1S/C13H18O3/c1-5-13(14)9(2)11-10(8-12(13,3)4)15-6-7-16-11/h1,10,14H,6-8H2,2-4H3. The van der Waals surface area contributed by atoms with Crippen LogP contribution >= 0.6 is 0 Å². The van der Waals surface area contributed by atoms with Crippen LogP contribution in [-0.4, -0.2) is 30.0 Å². The van der Waals surface area contributed by atoms with Crippen LogP contribution in [0, 0.1) is 17.8 Å². The molecule has 2 rings (SSSR count). The van der Waals surface area contributed by atoms with E-state index in [4.69, 9.17) is 15.9 Å². The Bertz CT molecular complexity index is 375. The Morgan fingerprint density at radius 1 is 1.44 bits per heavy atom. The van der Waals surface area contributed by atoms with Gasteiger partial charge in [-0.25, -0.2) is 0 Å². The molecule has 0 radical (unpaired) electrons. The van der Waals surface area contributed by atoms with Crippen molar-refractivity contribution in [1.82, 2.24) is 0 Å². The third-order valence-electron chi connectivity index (χ3n) is 3.75. The van der Waals surface area contributed by atoms with E-state index in [1.165, 1.54) is 0 Å². The molecule has 0 amide bonds. The molecule has 2 aliphatic rings. The van der Waals surface area contributed by atoms with Gasteiger partial charge < -0.3 is 14.6 Å². The third-order valence-corrected chi connectivity index (χ3v) is 3.75. The SMILES string of the molecule is C#CC1(O)C(C)=C2OCCOC2CC1(C)C. The predicted molar refractivity (Wildman–Crippen MR) is 60.6 cm³/mol. The van der Waals surface area contributed by atoms with Crippen molar-refractivity contribution >= 4 is 0 Å². The fraction of sp³-hybridized carbons (Fsp3) is 0.692. The maximum Gasteiger partial charge on any atom is 0.155 e. The molecule has 3 nitrogen and oxygen atoms in total. The van der Waals surface area contributed by atoms with Crippen molar-refractivity contribution < 1.29 is 14.6 Å². The molecule has 1 saturated heterocycles. The molecule has 0 saturated carbocycles. The Kier molecular flexibility index (Phi) is 2.52. The van der Waals surface area contributed by atoms with Crippen molar-refractivity contribution in [3.63, 3.8) is 0 Å². The largest absolute Gasteiger partial charge is 0.493 e. The minimum absolute atomic E-state index is 0.0580. The van der Waals surface area contributed by atoms with Crippen molar-refractivity contribution in [2.24, 2.45) is 5.41 Å². The summed E-state index contributed by atoms with van der Waals surface area (Å²) in [5.41, 5.74) is -0.920. The topological polar surface area (TPSA) is 38.7 Å². The average Bonchev–Trinajstić information content (AvgIpc) is 2.25. The number of ether oxygens (including phenoxy) is 2. The number of hydrogen-bond donors (Lipinski definition) is 1. The Morgan fingerprint density at radius 3 is 2.75 bits per heavy atom. The molecule has 1 fully saturated rings. The molecule has 1 heterocycles. The van der Waals surface area contributed by atoms with Gasteiger partial charge in [0.25, 0.3) is 0 Å². The lowest BCUT2D eigenvalue weighted by molar-refractivity contribution is -0.105. The third kappa shape index (κ3) is 1.37. The van der Waals surface area contributed by atoms with E-state index in [9.17, 15) is 5.11 Å². The maximum atomic E-state index is 10.6. The van der Waals surface area contributed by atoms with Crippen molar-refractivity contribution in [3.8, 4) is 12.3 Å². The zero-order valence-electron chi connectivity index (χ0n) is 10.0. The molecule has 0 aromatic heterocycles. The molecule has 2 atom stereocenters. The van der Waals surface area contributed by atoms with Gasteiger partial charge in [0, 0.05) is 11.0 Å². The van der Waals surface area contributed by atoms with Crippen LogP contribution in [-0.2, 0) is 9.47 Å². The van der Waals surface area contributed by atoms with E-state index >= 15 is 0 Å². The lowest BCUT2D eigenvalue weighted by Crippen LogP contribution is -2.52. The molecule has 0 aromatic rings. The summed E-state index contributed by atoms with van der Waals surface area (Å²) in [6.45, 7) is 6.89. The predicted octanol–water partition coefficient (Wildman–Crippen LogP) is 1.47. The second kappa shape index (κ2) is 3.51. The maximum absolute atomic E-state index is 10.6. The van der Waals surface area contributed by atoms with Gasteiger partial charge in [0.1, 0.15) is 18.5 Å². The fourth-order valence-corrected chi connectivity index (χ4v) is 2.61. The van der Waals surface area contributed by atoms with Crippen LogP contribution in [0.4, 0.5) is 0 Å². The first-order valence-electron chi connectivity index (χ1n) is 5.58. The Hall–Kier alpha value is -0.980. The summed E-state index contributed by atoms with van der Waals surface area (Å²) in [6, 6.07) is 0. The quantitative estimate of drug-likeness (QED) is 0.631. The molecular weight excluding hydrogens is 204 g/mol. The van der Waals surface area contributed by atoms with E-state index in [1.807, 2.05) is 20.8 Å². The minimum Gasteiger partial charge on any atom is -0.493 e. The number of rotatable bonds is 0. The van der Waals surface area contributed by atoms with Gasteiger partial charge in [-0.1, -0.05) is 19.8 Å². The van der Waals surface area contributed by atoms with Gasteiger partial charge in [-0.2, -0.15) is 0 Å². The number of hydrogen-bond acceptors (Lipinski definition) is 3. The van der Waals surface area contributed by atoms with Gasteiger partial charge in [-0.3, -0.25) is 0 Å². The monoisotopic (exact) mass is 222 g/mol. The molecule has 3 heteroatoms. The van der Waals surface area contributed by atoms with E-state index in [0.29, 0.717) is 19.6 Å². The second-order valence-electron chi connectivity index (χ2n) is 5.14. The number of aliphatic hydroxyl groups is 1. The van der Waals surface area contributed by atoms with Gasteiger partial charge in [-0.05, 0) is 13.3 Å². The molecule has 0 spiro atoms. The van der Waals surface area contributed by atoms with Crippen LogP contribution in [0.2, 0.25) is 0 Å². The van der Waals surface area contributed by atoms with Crippen LogP contribution in [0.15, 0.2) is 11.3 Å². The van der Waals surface area contributed by atoms with Crippen LogP contribution in [0.25, 0.3) is 0 Å². The molecule has 88 valence electrons. The zero-order valence-corrected chi connectivity index (χ0v) is 10.0. The van der Waals surface area contributed by atoms with Crippen molar-refractivity contribution in [2.45, 2.75) is 38.9 Å². The Balaban J connectivity index is 2.51. The lowest BCUT2D eigenvalue weighted by Gasteiger charge is -2.48. The smallest absolute Gasteiger partial charge is 0.155 e. The molecule has 0 bridgehead atoms. The summed E-state index contributed by atoms with van der Waals surface area (Å²) in [4.78, 5) is 0. The van der Waals surface area contributed by atoms with Crippen LogP contribution in [0.1, 0.15) is 27.2 Å². The van der Waals surface area contributed by atoms with Gasteiger partial charge in [-0.15, -0.1) is 6.42 Å². The van der Waals surface area contributed by atoms with E-state index in [1.54, 1.807) is 0 Å². The van der Waals surface area contributed by atoms with E-state index < -0.39 is 11.0 Å². The van der Waals surface area contributed by atoms with Crippen LogP contribution in [0.5, 0.6) is 0 Å². The van der Waals surface area contributed by atoms with E-state index in [0.717, 1.165) is 11.3 Å². The van der Waals surface area contributed by atoms with Crippen LogP contribution in [0.3, 0.4) is 0 Å². The first-order chi connectivity index (χ1) is 7.42. The molecular formula is C13H18O3. The van der Waals surface area contributed by atoms with Crippen molar-refractivity contribution in [1.29, 1.82) is 0 Å². The van der Waals surface area contributed by atoms with Crippen LogP contribution < -0.4 is 0 Å². The minimum atomic E-state index is -1.24. The molecule has 1 aliphatic carbocycles. The first-order valence-corrected chi connectivity index (χ1v) is 5.58. The highest BCUT2D eigenvalue weighted by atomic mass is 16.6. The highest BCUT2D eigenvalue weighted by Crippen LogP contribution is 2.48. The lowest BCUT2D eigenvalue weighted by atomic mass is 9.64. The number of fused-ring (bicyclic) bond motifs is 1. The van der Waals surface area contributed by atoms with Gasteiger partial charge >= 0.3 is 0 Å². The average molecular weight is 222 g/mol. The van der Waals surface area contributed by atoms with Crippen molar-refractivity contribution in [2.75, 3.05) is 13.2 Å². The number of terminal acetylenes is 1. The summed E-state index contributed by atoms with van der Waals surface area (Å²) in [5.74, 6) is 3.24. The first kappa shape index (κ1) is 11.5. The zero-order chi connectivity index (χ0) is 12.0. The molecule has 1 N–H and O–H groups in total. The Morgan fingerprint density at radius 2 is 2.12 bits per heavy atom. The molecule has 1 aliphatic heterocycles. The highest BCUT2D eigenvalue weighted by Gasteiger charge is 2.52. The van der Waals surface area contributed by atoms with E-state index in [2.05, 4.69) is 5.92 Å². The van der Waals surface area contributed by atoms with Crippen molar-refractivity contribution in [3.05, 3.63) is 11.3 Å². The van der Waals surface area contributed by atoms with Gasteiger partial charge in [0.05, 0.1) is 6.61 Å². The summed E-state index contributed by atoms with van der Waals surface area (Å²) < 4.78 is 11.2.